The van der Waals surface area contributed by atoms with Crippen LogP contribution in [-0.4, -0.2) is 38.8 Å². The zero-order valence-electron chi connectivity index (χ0n) is 13.2. The van der Waals surface area contributed by atoms with Crippen molar-refractivity contribution in [3.8, 4) is 11.5 Å². The molecule has 0 saturated carbocycles. The summed E-state index contributed by atoms with van der Waals surface area (Å²) in [5.41, 5.74) is -3.90. The van der Waals surface area contributed by atoms with Gasteiger partial charge in [0, 0.05) is 6.54 Å². The van der Waals surface area contributed by atoms with Crippen LogP contribution >= 0.6 is 23.4 Å². The first-order chi connectivity index (χ1) is 11.8. The van der Waals surface area contributed by atoms with E-state index in [9.17, 15) is 18.0 Å². The van der Waals surface area contributed by atoms with Crippen LogP contribution in [0.1, 0.15) is 19.2 Å². The van der Waals surface area contributed by atoms with Crippen LogP contribution in [-0.2, 0) is 11.3 Å². The van der Waals surface area contributed by atoms with Gasteiger partial charge in [0.25, 0.3) is 0 Å². The van der Waals surface area contributed by atoms with Gasteiger partial charge in [-0.25, -0.2) is 0 Å². The summed E-state index contributed by atoms with van der Waals surface area (Å²) in [6, 6.07) is 6.88. The summed E-state index contributed by atoms with van der Waals surface area (Å²) in [5, 5.41) is 8.16. The molecule has 0 aliphatic rings. The van der Waals surface area contributed by atoms with Crippen molar-refractivity contribution >= 4 is 29.3 Å². The number of alkyl halides is 3. The Morgan fingerprint density at radius 3 is 2.68 bits per heavy atom. The molecule has 136 valence electrons. The van der Waals surface area contributed by atoms with Crippen LogP contribution in [0.25, 0.3) is 11.5 Å². The summed E-state index contributed by atoms with van der Waals surface area (Å²) in [5.74, 6) is -1.00. The lowest BCUT2D eigenvalue weighted by Gasteiger charge is -2.20. The van der Waals surface area contributed by atoms with Gasteiger partial charge in [-0.2, -0.15) is 13.2 Å². The zero-order valence-corrected chi connectivity index (χ0v) is 14.8. The molecule has 0 bridgehead atoms. The summed E-state index contributed by atoms with van der Waals surface area (Å²) >= 11 is 5.69. The molecule has 0 unspecified atom stereocenters. The highest BCUT2D eigenvalue weighted by atomic mass is 35.5. The highest BCUT2D eigenvalue weighted by Crippen LogP contribution is 2.30. The Kier molecular flexibility index (Phi) is 6.71. The summed E-state index contributed by atoms with van der Waals surface area (Å²) in [7, 11) is 0. The maximum Gasteiger partial charge on any atom is 0.442 e. The van der Waals surface area contributed by atoms with Gasteiger partial charge in [-0.15, -0.1) is 10.2 Å². The normalized spacial score (nSPS) is 11.6. The van der Waals surface area contributed by atoms with E-state index >= 15 is 0 Å². The van der Waals surface area contributed by atoms with Crippen molar-refractivity contribution in [1.82, 2.24) is 15.1 Å². The third kappa shape index (κ3) is 5.93. The standard InChI is InChI=1S/C15H15ClF3N3O2S/c1-2-7-22(13(23)9-25-15(17,18)19)8-12-20-21-14(24-12)10-5-3-4-6-11(10)16/h3-6H,2,7-9H2,1H3. The third-order valence-corrected chi connectivity index (χ3v) is 4.15. The van der Waals surface area contributed by atoms with Gasteiger partial charge in [-0.3, -0.25) is 4.79 Å². The molecule has 1 heterocycles. The largest absolute Gasteiger partial charge is 0.442 e. The first-order valence-electron chi connectivity index (χ1n) is 7.36. The molecule has 2 aromatic rings. The van der Waals surface area contributed by atoms with Gasteiger partial charge in [-0.1, -0.05) is 30.7 Å². The quantitative estimate of drug-likeness (QED) is 0.698. The Morgan fingerprint density at radius 1 is 1.32 bits per heavy atom. The molecule has 0 N–H and O–H groups in total. The van der Waals surface area contributed by atoms with E-state index in [0.717, 1.165) is 0 Å². The number of amides is 1. The second-order valence-electron chi connectivity index (χ2n) is 5.03. The lowest BCUT2D eigenvalue weighted by Crippen LogP contribution is -2.33. The molecule has 5 nitrogen and oxygen atoms in total. The molecular formula is C15H15ClF3N3O2S. The highest BCUT2D eigenvalue weighted by molar-refractivity contribution is 8.00. The lowest BCUT2D eigenvalue weighted by molar-refractivity contribution is -0.129. The van der Waals surface area contributed by atoms with Crippen molar-refractivity contribution < 1.29 is 22.4 Å². The number of carbonyl (C=O) groups is 1. The van der Waals surface area contributed by atoms with Gasteiger partial charge in [-0.05, 0) is 30.3 Å². The molecule has 0 radical (unpaired) electrons. The fourth-order valence-electron chi connectivity index (χ4n) is 2.02. The summed E-state index contributed by atoms with van der Waals surface area (Å²) in [6.07, 6.45) is 0.591. The molecule has 25 heavy (non-hydrogen) atoms. The van der Waals surface area contributed by atoms with E-state index in [1.54, 1.807) is 24.3 Å². The number of rotatable bonds is 7. The van der Waals surface area contributed by atoms with Crippen LogP contribution in [0.5, 0.6) is 0 Å². The van der Waals surface area contributed by atoms with Crippen LogP contribution in [0.4, 0.5) is 13.2 Å². The Hall–Kier alpha value is -1.74. The second kappa shape index (κ2) is 8.57. The van der Waals surface area contributed by atoms with Crippen LogP contribution in [0.3, 0.4) is 0 Å². The maximum atomic E-state index is 12.3. The molecule has 0 atom stereocenters. The number of aromatic nitrogens is 2. The Labute approximate surface area is 151 Å². The van der Waals surface area contributed by atoms with E-state index in [4.69, 9.17) is 16.0 Å². The monoisotopic (exact) mass is 393 g/mol. The summed E-state index contributed by atoms with van der Waals surface area (Å²) in [6.45, 7) is 2.06. The Balaban J connectivity index is 2.07. The molecule has 1 aromatic heterocycles. The van der Waals surface area contributed by atoms with E-state index in [1.165, 1.54) is 4.90 Å². The fraction of sp³-hybridized carbons (Fsp3) is 0.400. The first kappa shape index (κ1) is 19.6. The molecule has 1 aromatic carbocycles. The molecule has 0 fully saturated rings. The number of hydrogen-bond donors (Lipinski definition) is 0. The zero-order chi connectivity index (χ0) is 18.4. The third-order valence-electron chi connectivity index (χ3n) is 3.10. The fourth-order valence-corrected chi connectivity index (χ4v) is 2.71. The van der Waals surface area contributed by atoms with E-state index in [2.05, 4.69) is 10.2 Å². The van der Waals surface area contributed by atoms with Crippen LogP contribution in [0.15, 0.2) is 28.7 Å². The average molecular weight is 394 g/mol. The molecule has 0 saturated heterocycles. The van der Waals surface area contributed by atoms with Gasteiger partial charge >= 0.3 is 5.51 Å². The van der Waals surface area contributed by atoms with Crippen LogP contribution < -0.4 is 0 Å². The van der Waals surface area contributed by atoms with Gasteiger partial charge in [0.05, 0.1) is 22.9 Å². The molecular weight excluding hydrogens is 379 g/mol. The lowest BCUT2D eigenvalue weighted by atomic mass is 10.2. The van der Waals surface area contributed by atoms with Crippen molar-refractivity contribution in [2.24, 2.45) is 0 Å². The first-order valence-corrected chi connectivity index (χ1v) is 8.72. The van der Waals surface area contributed by atoms with Crippen LogP contribution in [0.2, 0.25) is 5.02 Å². The minimum atomic E-state index is -4.45. The number of nitrogens with zero attached hydrogens (tertiary/aromatic N) is 3. The van der Waals surface area contributed by atoms with Gasteiger partial charge in [0.1, 0.15) is 0 Å². The van der Waals surface area contributed by atoms with Crippen molar-refractivity contribution in [2.75, 3.05) is 12.3 Å². The number of thioether (sulfide) groups is 1. The van der Waals surface area contributed by atoms with Crippen molar-refractivity contribution in [1.29, 1.82) is 0 Å². The van der Waals surface area contributed by atoms with E-state index in [0.29, 0.717) is 23.6 Å². The van der Waals surface area contributed by atoms with Crippen LogP contribution in [0, 0.1) is 0 Å². The second-order valence-corrected chi connectivity index (χ2v) is 6.48. The molecule has 0 aliphatic carbocycles. The van der Waals surface area contributed by atoms with E-state index in [1.807, 2.05) is 6.92 Å². The number of halogens is 4. The van der Waals surface area contributed by atoms with Gasteiger partial charge in [0.15, 0.2) is 0 Å². The Bertz CT molecular complexity index is 724. The minimum absolute atomic E-state index is 0.0530. The van der Waals surface area contributed by atoms with Crippen molar-refractivity contribution in [3.05, 3.63) is 35.2 Å². The van der Waals surface area contributed by atoms with Crippen molar-refractivity contribution in [3.63, 3.8) is 0 Å². The minimum Gasteiger partial charge on any atom is -0.419 e. The van der Waals surface area contributed by atoms with Gasteiger partial charge < -0.3 is 9.32 Å². The SMILES string of the molecule is CCCN(Cc1nnc(-c2ccccc2Cl)o1)C(=O)CSC(F)(F)F. The van der Waals surface area contributed by atoms with E-state index in [-0.39, 0.29) is 30.1 Å². The highest BCUT2D eigenvalue weighted by Gasteiger charge is 2.30. The molecule has 10 heteroatoms. The smallest absolute Gasteiger partial charge is 0.419 e. The summed E-state index contributed by atoms with van der Waals surface area (Å²) in [4.78, 5) is 13.3. The number of hydrogen-bond acceptors (Lipinski definition) is 5. The molecule has 1 amide bonds. The van der Waals surface area contributed by atoms with Gasteiger partial charge in [0.2, 0.25) is 17.7 Å². The number of carbonyl (C=O) groups excluding carboxylic acids is 1. The average Bonchev–Trinajstić information content (AvgIpc) is 3.00. The van der Waals surface area contributed by atoms with E-state index < -0.39 is 17.2 Å². The summed E-state index contributed by atoms with van der Waals surface area (Å²) < 4.78 is 42.3. The van der Waals surface area contributed by atoms with Crippen molar-refractivity contribution in [2.45, 2.75) is 25.4 Å². The number of benzene rings is 1. The molecule has 0 spiro atoms. The predicted octanol–water partition coefficient (Wildman–Crippen LogP) is 4.38. The predicted molar refractivity (Wildman–Crippen MR) is 89.0 cm³/mol. The Morgan fingerprint density at radius 2 is 2.04 bits per heavy atom. The molecule has 0 aliphatic heterocycles. The molecule has 2 rings (SSSR count). The maximum absolute atomic E-state index is 12.3. The topological polar surface area (TPSA) is 59.2 Å².